The van der Waals surface area contributed by atoms with E-state index >= 15 is 0 Å². The van der Waals surface area contributed by atoms with Gasteiger partial charge in [-0.25, -0.2) is 4.79 Å². The molecule has 0 saturated heterocycles. The molecule has 0 amide bonds. The Morgan fingerprint density at radius 3 is 2.78 bits per heavy atom. The van der Waals surface area contributed by atoms with Crippen LogP contribution in [-0.4, -0.2) is 20.9 Å². The number of benzene rings is 1. The van der Waals surface area contributed by atoms with Gasteiger partial charge in [0.25, 0.3) is 0 Å². The van der Waals surface area contributed by atoms with Gasteiger partial charge in [0.15, 0.2) is 0 Å². The highest BCUT2D eigenvalue weighted by atomic mass is 16.4. The first-order chi connectivity index (χ1) is 8.56. The average Bonchev–Trinajstić information content (AvgIpc) is 2.78. The molecule has 0 aliphatic heterocycles. The number of carboxylic acids is 1. The first-order valence-electron chi connectivity index (χ1n) is 5.71. The second-order valence-electron chi connectivity index (χ2n) is 4.31. The summed E-state index contributed by atoms with van der Waals surface area (Å²) in [6.07, 6.45) is 3.60. The van der Waals surface area contributed by atoms with Crippen LogP contribution in [-0.2, 0) is 0 Å². The molecule has 0 unspecified atom stereocenters. The van der Waals surface area contributed by atoms with Gasteiger partial charge in [0.2, 0.25) is 0 Å². The standard InChI is InChI=1S/C13H15N3O2/c1-9(2)16-8-12(7-14-16)15-11-5-3-4-10(6-11)13(17)18/h3-9,15H,1-2H3,(H,17,18). The predicted molar refractivity (Wildman–Crippen MR) is 69.3 cm³/mol. The Kier molecular flexibility index (Phi) is 3.32. The van der Waals surface area contributed by atoms with Crippen LogP contribution in [0.1, 0.15) is 30.2 Å². The first kappa shape index (κ1) is 12.2. The topological polar surface area (TPSA) is 67.2 Å². The van der Waals surface area contributed by atoms with Crippen LogP contribution in [0.2, 0.25) is 0 Å². The predicted octanol–water partition coefficient (Wildman–Crippen LogP) is 2.91. The van der Waals surface area contributed by atoms with E-state index in [0.29, 0.717) is 6.04 Å². The minimum absolute atomic E-state index is 0.260. The minimum atomic E-state index is -0.934. The molecule has 0 atom stereocenters. The molecule has 5 nitrogen and oxygen atoms in total. The van der Waals surface area contributed by atoms with Crippen LogP contribution in [0.3, 0.4) is 0 Å². The molecule has 5 heteroatoms. The zero-order valence-corrected chi connectivity index (χ0v) is 10.3. The fraction of sp³-hybridized carbons (Fsp3) is 0.231. The number of rotatable bonds is 4. The summed E-state index contributed by atoms with van der Waals surface area (Å²) in [6, 6.07) is 6.98. The fourth-order valence-corrected chi connectivity index (χ4v) is 1.58. The van der Waals surface area contributed by atoms with Crippen molar-refractivity contribution in [1.29, 1.82) is 0 Å². The molecule has 18 heavy (non-hydrogen) atoms. The third-order valence-electron chi connectivity index (χ3n) is 2.53. The van der Waals surface area contributed by atoms with E-state index in [0.717, 1.165) is 11.4 Å². The highest BCUT2D eigenvalue weighted by Crippen LogP contribution is 2.18. The number of nitrogens with zero attached hydrogens (tertiary/aromatic N) is 2. The van der Waals surface area contributed by atoms with Crippen LogP contribution in [0.4, 0.5) is 11.4 Å². The number of nitrogens with one attached hydrogen (secondary N) is 1. The Morgan fingerprint density at radius 1 is 1.39 bits per heavy atom. The highest BCUT2D eigenvalue weighted by molar-refractivity contribution is 5.89. The lowest BCUT2D eigenvalue weighted by atomic mass is 10.2. The number of anilines is 2. The molecular formula is C13H15N3O2. The molecule has 94 valence electrons. The summed E-state index contributed by atoms with van der Waals surface area (Å²) in [4.78, 5) is 10.9. The van der Waals surface area contributed by atoms with Crippen LogP contribution >= 0.6 is 0 Å². The van der Waals surface area contributed by atoms with E-state index in [-0.39, 0.29) is 5.56 Å². The van der Waals surface area contributed by atoms with Crippen molar-refractivity contribution in [2.24, 2.45) is 0 Å². The average molecular weight is 245 g/mol. The summed E-state index contributed by atoms with van der Waals surface area (Å²) < 4.78 is 1.84. The van der Waals surface area contributed by atoms with Gasteiger partial charge >= 0.3 is 5.97 Å². The van der Waals surface area contributed by atoms with Gasteiger partial charge in [-0.15, -0.1) is 0 Å². The van der Waals surface area contributed by atoms with Gasteiger partial charge in [-0.05, 0) is 32.0 Å². The van der Waals surface area contributed by atoms with Gasteiger partial charge in [0.05, 0.1) is 17.4 Å². The molecule has 0 aliphatic carbocycles. The van der Waals surface area contributed by atoms with Gasteiger partial charge in [-0.3, -0.25) is 4.68 Å². The molecule has 1 aromatic heterocycles. The second kappa shape index (κ2) is 4.91. The van der Waals surface area contributed by atoms with Crippen molar-refractivity contribution in [3.63, 3.8) is 0 Å². The van der Waals surface area contributed by atoms with Crippen molar-refractivity contribution >= 4 is 17.3 Å². The minimum Gasteiger partial charge on any atom is -0.478 e. The van der Waals surface area contributed by atoms with Gasteiger partial charge in [-0.1, -0.05) is 6.07 Å². The van der Waals surface area contributed by atoms with Crippen molar-refractivity contribution in [2.45, 2.75) is 19.9 Å². The van der Waals surface area contributed by atoms with Crippen molar-refractivity contribution in [1.82, 2.24) is 9.78 Å². The van der Waals surface area contributed by atoms with E-state index < -0.39 is 5.97 Å². The van der Waals surface area contributed by atoms with Crippen molar-refractivity contribution in [3.05, 3.63) is 42.2 Å². The normalized spacial score (nSPS) is 10.6. The molecule has 0 bridgehead atoms. The van der Waals surface area contributed by atoms with Crippen molar-refractivity contribution in [2.75, 3.05) is 5.32 Å². The van der Waals surface area contributed by atoms with Crippen LogP contribution in [0, 0.1) is 0 Å². The summed E-state index contributed by atoms with van der Waals surface area (Å²) >= 11 is 0. The first-order valence-corrected chi connectivity index (χ1v) is 5.71. The quantitative estimate of drug-likeness (QED) is 0.869. The lowest BCUT2D eigenvalue weighted by Crippen LogP contribution is -2.00. The Balaban J connectivity index is 2.17. The maximum Gasteiger partial charge on any atom is 0.335 e. The van der Waals surface area contributed by atoms with Crippen LogP contribution < -0.4 is 5.32 Å². The molecule has 1 aromatic carbocycles. The molecule has 2 rings (SSSR count). The third-order valence-corrected chi connectivity index (χ3v) is 2.53. The summed E-state index contributed by atoms with van der Waals surface area (Å²) in [7, 11) is 0. The zero-order chi connectivity index (χ0) is 13.1. The molecule has 2 N–H and O–H groups in total. The Hall–Kier alpha value is -2.30. The van der Waals surface area contributed by atoms with Crippen LogP contribution in [0.5, 0.6) is 0 Å². The smallest absolute Gasteiger partial charge is 0.335 e. The summed E-state index contributed by atoms with van der Waals surface area (Å²) in [6.45, 7) is 4.09. The van der Waals surface area contributed by atoms with Crippen LogP contribution in [0.25, 0.3) is 0 Å². The molecular weight excluding hydrogens is 230 g/mol. The van der Waals surface area contributed by atoms with Gasteiger partial charge in [0.1, 0.15) is 0 Å². The molecule has 0 spiro atoms. The molecule has 1 heterocycles. The van der Waals surface area contributed by atoms with Gasteiger partial charge in [-0.2, -0.15) is 5.10 Å². The largest absolute Gasteiger partial charge is 0.478 e. The lowest BCUT2D eigenvalue weighted by Gasteiger charge is -2.05. The number of aromatic carboxylic acids is 1. The summed E-state index contributed by atoms with van der Waals surface area (Å²) in [5.41, 5.74) is 1.83. The van der Waals surface area contributed by atoms with E-state index in [2.05, 4.69) is 10.4 Å². The number of aromatic nitrogens is 2. The fourth-order valence-electron chi connectivity index (χ4n) is 1.58. The van der Waals surface area contributed by atoms with Gasteiger partial charge in [0, 0.05) is 17.9 Å². The molecule has 2 aromatic rings. The molecule has 0 fully saturated rings. The van der Waals surface area contributed by atoms with Crippen molar-refractivity contribution < 1.29 is 9.90 Å². The monoisotopic (exact) mass is 245 g/mol. The number of carboxylic acid groups (broad SMARTS) is 1. The van der Waals surface area contributed by atoms with E-state index in [1.165, 1.54) is 0 Å². The maximum absolute atomic E-state index is 10.9. The zero-order valence-electron chi connectivity index (χ0n) is 10.3. The highest BCUT2D eigenvalue weighted by Gasteiger charge is 2.05. The Labute approximate surface area is 105 Å². The Bertz CT molecular complexity index is 561. The summed E-state index contributed by atoms with van der Waals surface area (Å²) in [5, 5.41) is 16.2. The second-order valence-corrected chi connectivity index (χ2v) is 4.31. The Morgan fingerprint density at radius 2 is 2.17 bits per heavy atom. The number of carbonyl (C=O) groups is 1. The van der Waals surface area contributed by atoms with E-state index in [4.69, 9.17) is 5.11 Å². The van der Waals surface area contributed by atoms with Crippen LogP contribution in [0.15, 0.2) is 36.7 Å². The van der Waals surface area contributed by atoms with Gasteiger partial charge < -0.3 is 10.4 Å². The molecule has 0 radical (unpaired) electrons. The SMILES string of the molecule is CC(C)n1cc(Nc2cccc(C(=O)O)c2)cn1. The van der Waals surface area contributed by atoms with Crippen molar-refractivity contribution in [3.8, 4) is 0 Å². The van der Waals surface area contributed by atoms with E-state index in [9.17, 15) is 4.79 Å². The lowest BCUT2D eigenvalue weighted by molar-refractivity contribution is 0.0697. The maximum atomic E-state index is 10.9. The van der Waals surface area contributed by atoms with E-state index in [1.807, 2.05) is 30.8 Å². The van der Waals surface area contributed by atoms with E-state index in [1.54, 1.807) is 24.4 Å². The number of hydrogen-bond acceptors (Lipinski definition) is 3. The third kappa shape index (κ3) is 2.68. The number of hydrogen-bond donors (Lipinski definition) is 2. The summed E-state index contributed by atoms with van der Waals surface area (Å²) in [5.74, 6) is -0.934. The molecule has 0 saturated carbocycles. The molecule has 0 aliphatic rings.